The van der Waals surface area contributed by atoms with Gasteiger partial charge in [-0.05, 0) is 0 Å². The van der Waals surface area contributed by atoms with E-state index < -0.39 is 6.10 Å². The van der Waals surface area contributed by atoms with Crippen LogP contribution in [0.1, 0.15) is 0 Å². The SMILES string of the molecule is OCC(I)C(O)CBr. The third-order valence-electron chi connectivity index (χ3n) is 0.750. The van der Waals surface area contributed by atoms with E-state index in [-0.39, 0.29) is 10.5 Å². The van der Waals surface area contributed by atoms with Gasteiger partial charge in [0.15, 0.2) is 0 Å². The monoisotopic (exact) mass is 294 g/mol. The van der Waals surface area contributed by atoms with Gasteiger partial charge in [-0.25, -0.2) is 0 Å². The molecule has 0 bridgehead atoms. The molecule has 8 heavy (non-hydrogen) atoms. The van der Waals surface area contributed by atoms with Crippen LogP contribution in [0.2, 0.25) is 0 Å². The van der Waals surface area contributed by atoms with Gasteiger partial charge in [0.2, 0.25) is 0 Å². The van der Waals surface area contributed by atoms with Gasteiger partial charge in [0, 0.05) is 5.33 Å². The molecule has 0 saturated heterocycles. The van der Waals surface area contributed by atoms with Gasteiger partial charge in [0.25, 0.3) is 0 Å². The minimum atomic E-state index is -0.430. The fourth-order valence-corrected chi connectivity index (χ4v) is 1.62. The van der Waals surface area contributed by atoms with Crippen LogP contribution in [-0.2, 0) is 0 Å². The minimum absolute atomic E-state index is 0.0350. The molecule has 0 amide bonds. The molecule has 50 valence electrons. The molecule has 0 aromatic rings. The van der Waals surface area contributed by atoms with Crippen molar-refractivity contribution < 1.29 is 10.2 Å². The Morgan fingerprint density at radius 1 is 1.62 bits per heavy atom. The summed E-state index contributed by atoms with van der Waals surface area (Å²) in [6.07, 6.45) is -0.430. The van der Waals surface area contributed by atoms with Gasteiger partial charge in [-0.15, -0.1) is 0 Å². The average Bonchev–Trinajstić information content (AvgIpc) is 1.84. The normalized spacial score (nSPS) is 18.0. The van der Waals surface area contributed by atoms with Gasteiger partial charge in [-0.1, -0.05) is 38.5 Å². The lowest BCUT2D eigenvalue weighted by Gasteiger charge is -2.10. The summed E-state index contributed by atoms with van der Waals surface area (Å²) in [7, 11) is 0. The maximum Gasteiger partial charge on any atom is 0.0776 e. The van der Waals surface area contributed by atoms with E-state index in [1.54, 1.807) is 0 Å². The van der Waals surface area contributed by atoms with Gasteiger partial charge < -0.3 is 10.2 Å². The quantitative estimate of drug-likeness (QED) is 0.589. The molecule has 0 heterocycles. The van der Waals surface area contributed by atoms with Crippen LogP contribution in [0.15, 0.2) is 0 Å². The Morgan fingerprint density at radius 3 is 2.25 bits per heavy atom. The van der Waals surface area contributed by atoms with Crippen LogP contribution in [0.25, 0.3) is 0 Å². The van der Waals surface area contributed by atoms with E-state index in [0.717, 1.165) is 0 Å². The highest BCUT2D eigenvalue weighted by molar-refractivity contribution is 14.1. The van der Waals surface area contributed by atoms with Crippen LogP contribution in [0, 0.1) is 0 Å². The summed E-state index contributed by atoms with van der Waals surface area (Å²) in [5.74, 6) is 0. The van der Waals surface area contributed by atoms with Crippen LogP contribution in [0.3, 0.4) is 0 Å². The molecule has 0 aliphatic heterocycles. The molecule has 0 rings (SSSR count). The third-order valence-corrected chi connectivity index (χ3v) is 2.64. The Bertz CT molecular complexity index is 54.0. The molecule has 0 aliphatic rings. The second-order valence-electron chi connectivity index (χ2n) is 1.42. The lowest BCUT2D eigenvalue weighted by molar-refractivity contribution is 0.167. The standard InChI is InChI=1S/C4H8BrIO2/c5-1-4(8)3(6)2-7/h3-4,7-8H,1-2H2. The fourth-order valence-electron chi connectivity index (χ4n) is 0.218. The molecule has 0 radical (unpaired) electrons. The van der Waals surface area contributed by atoms with Crippen molar-refractivity contribution in [1.82, 2.24) is 0 Å². The van der Waals surface area contributed by atoms with Gasteiger partial charge in [0.1, 0.15) is 0 Å². The van der Waals surface area contributed by atoms with Crippen molar-refractivity contribution in [3.8, 4) is 0 Å². The molecule has 0 aliphatic carbocycles. The molecule has 2 atom stereocenters. The second kappa shape index (κ2) is 4.96. The average molecular weight is 295 g/mol. The highest BCUT2D eigenvalue weighted by Gasteiger charge is 2.11. The Labute approximate surface area is 70.6 Å². The van der Waals surface area contributed by atoms with Crippen molar-refractivity contribution in [2.24, 2.45) is 0 Å². The van der Waals surface area contributed by atoms with E-state index in [9.17, 15) is 0 Å². The Hall–Kier alpha value is 1.13. The van der Waals surface area contributed by atoms with E-state index >= 15 is 0 Å². The Morgan fingerprint density at radius 2 is 2.12 bits per heavy atom. The summed E-state index contributed by atoms with van der Waals surface area (Å²) in [5.41, 5.74) is 0. The zero-order valence-electron chi connectivity index (χ0n) is 4.22. The second-order valence-corrected chi connectivity index (χ2v) is 3.67. The van der Waals surface area contributed by atoms with Crippen LogP contribution in [-0.4, -0.2) is 32.2 Å². The minimum Gasteiger partial charge on any atom is -0.395 e. The number of alkyl halides is 2. The summed E-state index contributed by atoms with van der Waals surface area (Å²) in [5, 5.41) is 17.9. The lowest BCUT2D eigenvalue weighted by atomic mass is 10.3. The molecule has 0 spiro atoms. The number of aliphatic hydroxyl groups is 2. The topological polar surface area (TPSA) is 40.5 Å². The maximum atomic E-state index is 8.91. The first-order chi connectivity index (χ1) is 3.72. The first-order valence-corrected chi connectivity index (χ1v) is 4.58. The molecule has 0 saturated carbocycles. The number of aliphatic hydroxyl groups excluding tert-OH is 2. The molecule has 0 aromatic carbocycles. The number of rotatable bonds is 3. The molecule has 0 aromatic heterocycles. The van der Waals surface area contributed by atoms with Crippen molar-refractivity contribution >= 4 is 38.5 Å². The zero-order valence-corrected chi connectivity index (χ0v) is 7.96. The molecular formula is C4H8BrIO2. The summed E-state index contributed by atoms with van der Waals surface area (Å²) >= 11 is 5.09. The Kier molecular flexibility index (Phi) is 5.66. The largest absolute Gasteiger partial charge is 0.395 e. The zero-order chi connectivity index (χ0) is 6.57. The fraction of sp³-hybridized carbons (Fsp3) is 1.00. The van der Waals surface area contributed by atoms with Crippen molar-refractivity contribution in [2.75, 3.05) is 11.9 Å². The number of hydrogen-bond donors (Lipinski definition) is 2. The Balaban J connectivity index is 3.29. The number of halogens is 2. The first-order valence-electron chi connectivity index (χ1n) is 2.21. The highest BCUT2D eigenvalue weighted by atomic mass is 127. The third kappa shape index (κ3) is 3.21. The van der Waals surface area contributed by atoms with Crippen LogP contribution >= 0.6 is 38.5 Å². The molecule has 4 heteroatoms. The van der Waals surface area contributed by atoms with E-state index in [2.05, 4.69) is 15.9 Å². The van der Waals surface area contributed by atoms with Gasteiger partial charge in [0.05, 0.1) is 16.6 Å². The van der Waals surface area contributed by atoms with Crippen molar-refractivity contribution in [1.29, 1.82) is 0 Å². The van der Waals surface area contributed by atoms with Gasteiger partial charge in [-0.3, -0.25) is 0 Å². The molecule has 2 nitrogen and oxygen atoms in total. The molecule has 2 unspecified atom stereocenters. The van der Waals surface area contributed by atoms with E-state index in [0.29, 0.717) is 5.33 Å². The first kappa shape index (κ1) is 9.13. The van der Waals surface area contributed by atoms with Crippen molar-refractivity contribution in [3.63, 3.8) is 0 Å². The van der Waals surface area contributed by atoms with Gasteiger partial charge >= 0.3 is 0 Å². The lowest BCUT2D eigenvalue weighted by Crippen LogP contribution is -2.24. The van der Waals surface area contributed by atoms with Crippen LogP contribution in [0.5, 0.6) is 0 Å². The predicted molar refractivity (Wildman–Crippen MR) is 44.7 cm³/mol. The molecular weight excluding hydrogens is 287 g/mol. The summed E-state index contributed by atoms with van der Waals surface area (Å²) in [4.78, 5) is 0. The van der Waals surface area contributed by atoms with E-state index in [4.69, 9.17) is 10.2 Å². The summed E-state index contributed by atoms with van der Waals surface area (Å²) in [6, 6.07) is 0. The highest BCUT2D eigenvalue weighted by Crippen LogP contribution is 2.07. The smallest absolute Gasteiger partial charge is 0.0776 e. The van der Waals surface area contributed by atoms with E-state index in [1.165, 1.54) is 0 Å². The van der Waals surface area contributed by atoms with Crippen molar-refractivity contribution in [3.05, 3.63) is 0 Å². The van der Waals surface area contributed by atoms with Crippen LogP contribution in [0.4, 0.5) is 0 Å². The molecule has 0 fully saturated rings. The maximum absolute atomic E-state index is 8.91. The predicted octanol–water partition coefficient (Wildman–Crippen LogP) is 0.538. The summed E-state index contributed by atoms with van der Waals surface area (Å²) in [6.45, 7) is 0.0350. The van der Waals surface area contributed by atoms with Crippen LogP contribution < -0.4 is 0 Å². The van der Waals surface area contributed by atoms with E-state index in [1.807, 2.05) is 22.6 Å². The summed E-state index contributed by atoms with van der Waals surface area (Å²) < 4.78 is -0.0491. The van der Waals surface area contributed by atoms with Gasteiger partial charge in [-0.2, -0.15) is 0 Å². The molecule has 2 N–H and O–H groups in total. The number of hydrogen-bond acceptors (Lipinski definition) is 2. The van der Waals surface area contributed by atoms with Crippen molar-refractivity contribution in [2.45, 2.75) is 10.0 Å².